The number of thiazole rings is 1. The Morgan fingerprint density at radius 1 is 1.45 bits per heavy atom. The van der Waals surface area contributed by atoms with Crippen LogP contribution >= 0.6 is 11.3 Å². The van der Waals surface area contributed by atoms with Gasteiger partial charge >= 0.3 is 0 Å². The zero-order valence-electron chi connectivity index (χ0n) is 16.8. The summed E-state index contributed by atoms with van der Waals surface area (Å²) in [6, 6.07) is -0.169. The van der Waals surface area contributed by atoms with E-state index in [9.17, 15) is 18.2 Å². The van der Waals surface area contributed by atoms with E-state index in [2.05, 4.69) is 14.7 Å². The van der Waals surface area contributed by atoms with E-state index in [1.54, 1.807) is 5.51 Å². The highest BCUT2D eigenvalue weighted by Gasteiger charge is 2.43. The number of hydrogen-bond donors (Lipinski definition) is 1. The molecule has 1 aromatic rings. The van der Waals surface area contributed by atoms with Crippen molar-refractivity contribution in [2.45, 2.75) is 69.7 Å². The molecule has 1 aromatic heterocycles. The van der Waals surface area contributed by atoms with Crippen molar-refractivity contribution in [3.05, 3.63) is 16.6 Å². The molecule has 2 amide bonds. The number of aromatic nitrogens is 1. The highest BCUT2D eigenvalue weighted by molar-refractivity contribution is 7.93. The number of halogens is 1. The summed E-state index contributed by atoms with van der Waals surface area (Å²) in [6.07, 6.45) is 2.91. The minimum Gasteiger partial charge on any atom is -0.375 e. The predicted octanol–water partition coefficient (Wildman–Crippen LogP) is 2.65. The number of carbonyl (C=O) groups excluding carboxylic acids is 2. The standard InChI is InChI=1S/C19H28FN3O4S2/c1-18(2,20)17(25)22-14-5-8-27-19(11-14)6-9-29(26,10-7-19)23-16(24)4-3-15-12-28-13-21-15/h12-14H,3-11H2,1-2H3,(H,22,25). The topological polar surface area (TPSA) is 97.7 Å². The van der Waals surface area contributed by atoms with Crippen molar-refractivity contribution < 1.29 is 22.9 Å². The molecule has 2 fully saturated rings. The fourth-order valence-electron chi connectivity index (χ4n) is 3.69. The maximum Gasteiger partial charge on any atom is 0.257 e. The number of rotatable bonds is 5. The smallest absolute Gasteiger partial charge is 0.257 e. The Bertz CT molecular complexity index is 843. The van der Waals surface area contributed by atoms with E-state index in [1.807, 2.05) is 5.38 Å². The number of nitrogens with one attached hydrogen (secondary N) is 1. The molecule has 1 spiro atoms. The van der Waals surface area contributed by atoms with E-state index < -0.39 is 26.9 Å². The van der Waals surface area contributed by atoms with Gasteiger partial charge in [-0.3, -0.25) is 9.59 Å². The lowest BCUT2D eigenvalue weighted by Crippen LogP contribution is -2.54. The number of aryl methyl sites for hydroxylation is 1. The van der Waals surface area contributed by atoms with Crippen LogP contribution in [0.4, 0.5) is 4.39 Å². The van der Waals surface area contributed by atoms with E-state index >= 15 is 0 Å². The lowest BCUT2D eigenvalue weighted by molar-refractivity contribution is -0.135. The molecule has 0 aliphatic carbocycles. The molecule has 3 rings (SSSR count). The monoisotopic (exact) mass is 445 g/mol. The lowest BCUT2D eigenvalue weighted by atomic mass is 9.85. The van der Waals surface area contributed by atoms with Gasteiger partial charge in [-0.05, 0) is 46.0 Å². The average molecular weight is 446 g/mol. The maximum absolute atomic E-state index is 13.8. The van der Waals surface area contributed by atoms with Gasteiger partial charge < -0.3 is 10.1 Å². The molecule has 1 unspecified atom stereocenters. The summed E-state index contributed by atoms with van der Waals surface area (Å²) in [4.78, 5) is 28.2. The van der Waals surface area contributed by atoms with Crippen molar-refractivity contribution in [1.29, 1.82) is 0 Å². The minimum absolute atomic E-state index is 0.169. The van der Waals surface area contributed by atoms with Gasteiger partial charge in [0.2, 0.25) is 0 Å². The first-order valence-electron chi connectivity index (χ1n) is 9.86. The number of nitrogens with zero attached hydrogens (tertiary/aromatic N) is 2. The summed E-state index contributed by atoms with van der Waals surface area (Å²) in [7, 11) is -2.59. The molecule has 2 saturated heterocycles. The molecule has 10 heteroatoms. The third-order valence-electron chi connectivity index (χ3n) is 5.47. The van der Waals surface area contributed by atoms with Crippen LogP contribution in [-0.2, 0) is 30.5 Å². The molecule has 1 N–H and O–H groups in total. The SMILES string of the molecule is CC(C)(F)C(=O)NC1CCOC2(CCS(=O)(=NC(=O)CCc3cscn3)CC2)C1. The molecule has 1 atom stereocenters. The largest absolute Gasteiger partial charge is 0.375 e. The van der Waals surface area contributed by atoms with Gasteiger partial charge in [0.25, 0.3) is 11.8 Å². The number of carbonyl (C=O) groups is 2. The van der Waals surface area contributed by atoms with Gasteiger partial charge in [-0.25, -0.2) is 13.6 Å². The van der Waals surface area contributed by atoms with Crippen LogP contribution in [0.2, 0.25) is 0 Å². The van der Waals surface area contributed by atoms with E-state index in [1.165, 1.54) is 25.2 Å². The zero-order chi connectivity index (χ0) is 21.1. The molecule has 29 heavy (non-hydrogen) atoms. The molecular weight excluding hydrogens is 417 g/mol. The Labute approximate surface area is 175 Å². The minimum atomic E-state index is -2.59. The van der Waals surface area contributed by atoms with Crippen LogP contribution in [0.25, 0.3) is 0 Å². The third-order valence-corrected chi connectivity index (χ3v) is 8.32. The fourth-order valence-corrected chi connectivity index (χ4v) is 6.52. The summed E-state index contributed by atoms with van der Waals surface area (Å²) in [6.45, 7) is 2.93. The molecule has 0 bridgehead atoms. The van der Waals surface area contributed by atoms with Gasteiger partial charge in [0.1, 0.15) is 0 Å². The summed E-state index contributed by atoms with van der Waals surface area (Å²) in [5, 5.41) is 4.65. The van der Waals surface area contributed by atoms with E-state index in [-0.39, 0.29) is 18.4 Å². The third kappa shape index (κ3) is 6.05. The van der Waals surface area contributed by atoms with Crippen LogP contribution in [0.15, 0.2) is 15.3 Å². The molecule has 2 aliphatic rings. The highest BCUT2D eigenvalue weighted by Crippen LogP contribution is 2.36. The first-order chi connectivity index (χ1) is 13.6. The Morgan fingerprint density at radius 2 is 2.17 bits per heavy atom. The fraction of sp³-hybridized carbons (Fsp3) is 0.737. The summed E-state index contributed by atoms with van der Waals surface area (Å²) in [5.41, 5.74) is 0.143. The zero-order valence-corrected chi connectivity index (χ0v) is 18.5. The second-order valence-electron chi connectivity index (χ2n) is 8.31. The first kappa shape index (κ1) is 22.3. The Morgan fingerprint density at radius 3 is 2.79 bits per heavy atom. The second kappa shape index (κ2) is 8.77. The summed E-state index contributed by atoms with van der Waals surface area (Å²) >= 11 is 1.47. The number of hydrogen-bond acceptors (Lipinski definition) is 6. The molecule has 0 radical (unpaired) electrons. The van der Waals surface area contributed by atoms with Crippen LogP contribution < -0.4 is 5.32 Å². The van der Waals surface area contributed by atoms with E-state index in [0.29, 0.717) is 50.2 Å². The number of alkyl halides is 1. The van der Waals surface area contributed by atoms with Crippen molar-refractivity contribution in [3.63, 3.8) is 0 Å². The van der Waals surface area contributed by atoms with Crippen LogP contribution in [-0.4, -0.2) is 56.4 Å². The predicted molar refractivity (Wildman–Crippen MR) is 110 cm³/mol. The second-order valence-corrected chi connectivity index (χ2v) is 11.6. The highest BCUT2D eigenvalue weighted by atomic mass is 32.2. The van der Waals surface area contributed by atoms with Crippen LogP contribution in [0, 0.1) is 0 Å². The summed E-state index contributed by atoms with van der Waals surface area (Å²) < 4.78 is 36.9. The molecule has 3 heterocycles. The quantitative estimate of drug-likeness (QED) is 0.751. The van der Waals surface area contributed by atoms with Crippen LogP contribution in [0.3, 0.4) is 0 Å². The molecule has 0 aromatic carbocycles. The van der Waals surface area contributed by atoms with Gasteiger partial charge in [0.05, 0.1) is 26.5 Å². The van der Waals surface area contributed by atoms with Crippen LogP contribution in [0.5, 0.6) is 0 Å². The molecule has 162 valence electrons. The Kier molecular flexibility index (Phi) is 6.74. The Balaban J connectivity index is 1.56. The molecule has 7 nitrogen and oxygen atoms in total. The normalized spacial score (nSPS) is 30.1. The van der Waals surface area contributed by atoms with Crippen LogP contribution in [0.1, 0.15) is 51.6 Å². The number of ether oxygens (including phenoxy) is 1. The molecular formula is C19H28FN3O4S2. The average Bonchev–Trinajstić information content (AvgIpc) is 3.16. The lowest BCUT2D eigenvalue weighted by Gasteiger charge is -2.44. The van der Waals surface area contributed by atoms with Crippen molar-refractivity contribution in [1.82, 2.24) is 10.3 Å². The molecule has 2 aliphatic heterocycles. The van der Waals surface area contributed by atoms with Gasteiger partial charge in [-0.2, -0.15) is 4.36 Å². The number of amides is 2. The molecule has 0 saturated carbocycles. The van der Waals surface area contributed by atoms with Crippen molar-refractivity contribution in [3.8, 4) is 0 Å². The van der Waals surface area contributed by atoms with Crippen molar-refractivity contribution in [2.24, 2.45) is 4.36 Å². The van der Waals surface area contributed by atoms with Crippen molar-refractivity contribution in [2.75, 3.05) is 18.1 Å². The first-order valence-corrected chi connectivity index (χ1v) is 12.7. The summed E-state index contributed by atoms with van der Waals surface area (Å²) in [5.74, 6) is -0.381. The van der Waals surface area contributed by atoms with Gasteiger partial charge in [0.15, 0.2) is 5.67 Å². The Hall–Kier alpha value is -1.39. The maximum atomic E-state index is 13.8. The van der Waals surface area contributed by atoms with E-state index in [4.69, 9.17) is 4.74 Å². The van der Waals surface area contributed by atoms with Gasteiger partial charge in [-0.1, -0.05) is 0 Å². The van der Waals surface area contributed by atoms with Gasteiger partial charge in [0, 0.05) is 36.0 Å². The van der Waals surface area contributed by atoms with Crippen molar-refractivity contribution >= 4 is 32.9 Å². The van der Waals surface area contributed by atoms with Gasteiger partial charge in [-0.15, -0.1) is 11.3 Å². The van der Waals surface area contributed by atoms with E-state index in [0.717, 1.165) is 5.69 Å².